The van der Waals surface area contributed by atoms with Crippen LogP contribution in [-0.2, 0) is 21.0 Å². The second-order valence-corrected chi connectivity index (χ2v) is 9.13. The molecule has 0 spiro atoms. The van der Waals surface area contributed by atoms with Crippen LogP contribution in [0.5, 0.6) is 0 Å². The molecular formula is C20H21F3N4O4S. The van der Waals surface area contributed by atoms with Crippen molar-refractivity contribution in [3.05, 3.63) is 54.1 Å². The number of urea groups is 1. The number of nitrogens with zero attached hydrogens (tertiary/aromatic N) is 1. The number of anilines is 2. The Balaban J connectivity index is 1.63. The Labute approximate surface area is 182 Å². The van der Waals surface area contributed by atoms with Crippen molar-refractivity contribution in [1.82, 2.24) is 4.31 Å². The fraction of sp³-hybridized carbons (Fsp3) is 0.300. The Morgan fingerprint density at radius 2 is 1.47 bits per heavy atom. The third-order valence-corrected chi connectivity index (χ3v) is 7.01. The summed E-state index contributed by atoms with van der Waals surface area (Å²) < 4.78 is 66.3. The fourth-order valence-corrected chi connectivity index (χ4v) is 5.13. The van der Waals surface area contributed by atoms with Crippen LogP contribution in [0.4, 0.5) is 29.3 Å². The van der Waals surface area contributed by atoms with E-state index in [1.807, 2.05) is 0 Å². The number of halogens is 3. The van der Waals surface area contributed by atoms with E-state index < -0.39 is 38.6 Å². The highest BCUT2D eigenvalue weighted by atomic mass is 32.2. The SMILES string of the molecule is NC(=O)Nc1ccc(NC(=O)C2CCN(S(=O)(=O)c3ccccc3C(F)(F)F)CC2)cc1. The second kappa shape index (κ2) is 9.17. The van der Waals surface area contributed by atoms with Gasteiger partial charge in [-0.25, -0.2) is 13.2 Å². The number of carbonyl (C=O) groups is 2. The normalized spacial score (nSPS) is 15.8. The summed E-state index contributed by atoms with van der Waals surface area (Å²) in [5.41, 5.74) is 4.74. The van der Waals surface area contributed by atoms with Crippen LogP contribution in [0, 0.1) is 5.92 Å². The molecule has 0 aromatic heterocycles. The van der Waals surface area contributed by atoms with Gasteiger partial charge in [-0.05, 0) is 49.2 Å². The summed E-state index contributed by atoms with van der Waals surface area (Å²) in [6.07, 6.45) is -4.47. The maximum Gasteiger partial charge on any atom is 0.417 e. The lowest BCUT2D eigenvalue weighted by molar-refractivity contribution is -0.139. The zero-order valence-corrected chi connectivity index (χ0v) is 17.5. The van der Waals surface area contributed by atoms with Gasteiger partial charge in [0.2, 0.25) is 15.9 Å². The van der Waals surface area contributed by atoms with Crippen LogP contribution in [0.15, 0.2) is 53.4 Å². The lowest BCUT2D eigenvalue weighted by atomic mass is 9.97. The van der Waals surface area contributed by atoms with Gasteiger partial charge in [0, 0.05) is 30.4 Å². The average Bonchev–Trinajstić information content (AvgIpc) is 2.74. The van der Waals surface area contributed by atoms with Gasteiger partial charge in [0.15, 0.2) is 0 Å². The summed E-state index contributed by atoms with van der Waals surface area (Å²) in [6.45, 7) is -0.151. The molecule has 2 aromatic rings. The molecule has 1 fully saturated rings. The quantitative estimate of drug-likeness (QED) is 0.621. The molecule has 172 valence electrons. The number of piperidine rings is 1. The predicted molar refractivity (Wildman–Crippen MR) is 111 cm³/mol. The van der Waals surface area contributed by atoms with Gasteiger partial charge in [-0.1, -0.05) is 12.1 Å². The lowest BCUT2D eigenvalue weighted by Crippen LogP contribution is -2.41. The van der Waals surface area contributed by atoms with E-state index in [4.69, 9.17) is 5.73 Å². The topological polar surface area (TPSA) is 122 Å². The van der Waals surface area contributed by atoms with Crippen molar-refractivity contribution in [1.29, 1.82) is 0 Å². The molecule has 0 atom stereocenters. The van der Waals surface area contributed by atoms with Gasteiger partial charge in [0.05, 0.1) is 10.5 Å². The number of sulfonamides is 1. The minimum absolute atomic E-state index is 0.0753. The van der Waals surface area contributed by atoms with Crippen molar-refractivity contribution in [3.8, 4) is 0 Å². The zero-order valence-electron chi connectivity index (χ0n) is 16.7. The van der Waals surface area contributed by atoms with Gasteiger partial charge in [-0.3, -0.25) is 4.79 Å². The molecule has 0 bridgehead atoms. The number of alkyl halides is 3. The van der Waals surface area contributed by atoms with E-state index in [0.29, 0.717) is 11.4 Å². The van der Waals surface area contributed by atoms with E-state index in [1.54, 1.807) is 24.3 Å². The summed E-state index contributed by atoms with van der Waals surface area (Å²) in [5.74, 6) is -0.823. The highest BCUT2D eigenvalue weighted by molar-refractivity contribution is 7.89. The van der Waals surface area contributed by atoms with Gasteiger partial charge in [0.25, 0.3) is 0 Å². The molecule has 0 radical (unpaired) electrons. The number of hydrogen-bond acceptors (Lipinski definition) is 4. The molecule has 4 N–H and O–H groups in total. The number of benzene rings is 2. The van der Waals surface area contributed by atoms with E-state index in [0.717, 1.165) is 22.5 Å². The molecule has 0 unspecified atom stereocenters. The van der Waals surface area contributed by atoms with Crippen molar-refractivity contribution in [2.45, 2.75) is 23.9 Å². The number of carbonyl (C=O) groups excluding carboxylic acids is 2. The van der Waals surface area contributed by atoms with Crippen LogP contribution < -0.4 is 16.4 Å². The predicted octanol–water partition coefficient (Wildman–Crippen LogP) is 3.24. The highest BCUT2D eigenvalue weighted by Gasteiger charge is 2.40. The minimum atomic E-state index is -4.80. The number of primary amides is 1. The molecule has 3 amide bonds. The number of nitrogens with two attached hydrogens (primary N) is 1. The smallest absolute Gasteiger partial charge is 0.351 e. The second-order valence-electron chi connectivity index (χ2n) is 7.23. The van der Waals surface area contributed by atoms with Crippen LogP contribution >= 0.6 is 0 Å². The first-order valence-electron chi connectivity index (χ1n) is 9.62. The van der Waals surface area contributed by atoms with E-state index in [-0.39, 0.29) is 31.8 Å². The summed E-state index contributed by atoms with van der Waals surface area (Å²) >= 11 is 0. The Kier molecular flexibility index (Phi) is 6.74. The minimum Gasteiger partial charge on any atom is -0.351 e. The first-order chi connectivity index (χ1) is 15.0. The number of rotatable bonds is 5. The average molecular weight is 470 g/mol. The standard InChI is InChI=1S/C20H21F3N4O4S/c21-20(22,23)16-3-1-2-4-17(16)32(30,31)27-11-9-13(10-12-27)18(28)25-14-5-7-15(8-6-14)26-19(24)29/h1-8,13H,9-12H2,(H,25,28)(H3,24,26,29). The summed E-state index contributed by atoms with van der Waals surface area (Å²) in [4.78, 5) is 22.6. The van der Waals surface area contributed by atoms with E-state index >= 15 is 0 Å². The Bertz CT molecular complexity index is 1100. The van der Waals surface area contributed by atoms with Crippen LogP contribution in [0.25, 0.3) is 0 Å². The molecule has 1 heterocycles. The molecule has 0 saturated carbocycles. The van der Waals surface area contributed by atoms with Gasteiger partial charge in [0.1, 0.15) is 0 Å². The van der Waals surface area contributed by atoms with Crippen molar-refractivity contribution >= 4 is 33.3 Å². The molecule has 12 heteroatoms. The van der Waals surface area contributed by atoms with Gasteiger partial charge < -0.3 is 16.4 Å². The number of nitrogens with one attached hydrogen (secondary N) is 2. The third kappa shape index (κ3) is 5.37. The Morgan fingerprint density at radius 3 is 2.00 bits per heavy atom. The molecule has 1 aliphatic heterocycles. The fourth-order valence-electron chi connectivity index (χ4n) is 3.45. The maximum atomic E-state index is 13.2. The van der Waals surface area contributed by atoms with Crippen molar-refractivity contribution in [2.24, 2.45) is 11.7 Å². The van der Waals surface area contributed by atoms with Gasteiger partial charge in [-0.2, -0.15) is 17.5 Å². The van der Waals surface area contributed by atoms with E-state index in [1.165, 1.54) is 6.07 Å². The summed E-state index contributed by atoms with van der Waals surface area (Å²) in [7, 11) is -4.36. The zero-order chi connectivity index (χ0) is 23.5. The number of hydrogen-bond donors (Lipinski definition) is 3. The Morgan fingerprint density at radius 1 is 0.938 bits per heavy atom. The molecule has 1 saturated heterocycles. The van der Waals surface area contributed by atoms with Crippen LogP contribution in [0.1, 0.15) is 18.4 Å². The van der Waals surface area contributed by atoms with Crippen molar-refractivity contribution < 1.29 is 31.2 Å². The molecule has 1 aliphatic rings. The van der Waals surface area contributed by atoms with Crippen LogP contribution in [0.3, 0.4) is 0 Å². The van der Waals surface area contributed by atoms with E-state index in [9.17, 15) is 31.2 Å². The van der Waals surface area contributed by atoms with Gasteiger partial charge in [-0.15, -0.1) is 0 Å². The van der Waals surface area contributed by atoms with Crippen molar-refractivity contribution in [3.63, 3.8) is 0 Å². The molecule has 32 heavy (non-hydrogen) atoms. The molecule has 2 aromatic carbocycles. The van der Waals surface area contributed by atoms with E-state index in [2.05, 4.69) is 10.6 Å². The number of amides is 3. The molecule has 0 aliphatic carbocycles. The highest BCUT2D eigenvalue weighted by Crippen LogP contribution is 2.36. The van der Waals surface area contributed by atoms with Gasteiger partial charge >= 0.3 is 12.2 Å². The molecular weight excluding hydrogens is 449 g/mol. The third-order valence-electron chi connectivity index (χ3n) is 5.05. The first-order valence-corrected chi connectivity index (χ1v) is 11.1. The monoisotopic (exact) mass is 470 g/mol. The van der Waals surface area contributed by atoms with Crippen molar-refractivity contribution in [2.75, 3.05) is 23.7 Å². The summed E-state index contributed by atoms with van der Waals surface area (Å²) in [5, 5.41) is 5.09. The van der Waals surface area contributed by atoms with Crippen LogP contribution in [0.2, 0.25) is 0 Å². The molecule has 8 nitrogen and oxygen atoms in total. The summed E-state index contributed by atoms with van der Waals surface area (Å²) in [6, 6.07) is 9.56. The van der Waals surface area contributed by atoms with Crippen LogP contribution in [-0.4, -0.2) is 37.8 Å². The Hall–Kier alpha value is -3.12. The lowest BCUT2D eigenvalue weighted by Gasteiger charge is -2.31. The largest absolute Gasteiger partial charge is 0.417 e. The maximum absolute atomic E-state index is 13.2. The first kappa shape index (κ1) is 23.5. The molecule has 3 rings (SSSR count).